The van der Waals surface area contributed by atoms with Crippen molar-refractivity contribution >= 4 is 24.3 Å². The van der Waals surface area contributed by atoms with Gasteiger partial charge in [-0.25, -0.2) is 9.18 Å². The van der Waals surface area contributed by atoms with Gasteiger partial charge in [0.15, 0.2) is 0 Å². The Morgan fingerprint density at radius 3 is 2.81 bits per heavy atom. The summed E-state index contributed by atoms with van der Waals surface area (Å²) in [5, 5.41) is 8.97. The van der Waals surface area contributed by atoms with Crippen LogP contribution in [0.1, 0.15) is 22.3 Å². The van der Waals surface area contributed by atoms with Crippen LogP contribution in [0.3, 0.4) is 0 Å². The van der Waals surface area contributed by atoms with Crippen LogP contribution < -0.4 is 0 Å². The molecule has 0 spiro atoms. The van der Waals surface area contributed by atoms with Gasteiger partial charge in [0, 0.05) is 23.1 Å². The fraction of sp³-hybridized carbons (Fsp3) is 0.0909. The Balaban J connectivity index is 2.47. The molecule has 16 heavy (non-hydrogen) atoms. The molecule has 0 saturated carbocycles. The molecule has 1 aliphatic rings. The zero-order chi connectivity index (χ0) is 11.7. The van der Waals surface area contributed by atoms with E-state index in [-0.39, 0.29) is 5.56 Å². The summed E-state index contributed by atoms with van der Waals surface area (Å²) in [6.07, 6.45) is 1.97. The van der Waals surface area contributed by atoms with E-state index in [0.29, 0.717) is 17.7 Å². The van der Waals surface area contributed by atoms with Crippen LogP contribution in [0.5, 0.6) is 0 Å². The molecule has 1 aromatic rings. The van der Waals surface area contributed by atoms with Crippen molar-refractivity contribution in [3.8, 4) is 0 Å². The molecule has 1 heterocycles. The van der Waals surface area contributed by atoms with Gasteiger partial charge >= 0.3 is 5.97 Å². The number of thiol groups is 1. The van der Waals surface area contributed by atoms with Crippen molar-refractivity contribution in [3.05, 3.63) is 46.2 Å². The molecule has 0 atom stereocenters. The van der Waals surface area contributed by atoms with Crippen molar-refractivity contribution in [2.75, 3.05) is 0 Å². The number of carboxylic acid groups (broad SMARTS) is 1. The number of carboxylic acids is 1. The summed E-state index contributed by atoms with van der Waals surface area (Å²) in [5.41, 5.74) is 0.895. The molecule has 0 aromatic heterocycles. The normalized spacial score (nSPS) is 14.6. The number of aliphatic imine (C=N–C) groups is 1. The van der Waals surface area contributed by atoms with Gasteiger partial charge in [0.2, 0.25) is 0 Å². The van der Waals surface area contributed by atoms with Crippen molar-refractivity contribution in [1.29, 1.82) is 0 Å². The van der Waals surface area contributed by atoms with Gasteiger partial charge in [0.05, 0.1) is 11.3 Å². The van der Waals surface area contributed by atoms with Crippen molar-refractivity contribution < 1.29 is 14.3 Å². The second-order valence-electron chi connectivity index (χ2n) is 3.37. The summed E-state index contributed by atoms with van der Waals surface area (Å²) in [6, 6.07) is 3.55. The molecule has 5 heteroatoms. The van der Waals surface area contributed by atoms with Gasteiger partial charge in [-0.3, -0.25) is 4.99 Å². The minimum Gasteiger partial charge on any atom is -0.478 e. The third-order valence-corrected chi connectivity index (χ3v) is 2.51. The zero-order valence-corrected chi connectivity index (χ0v) is 9.04. The second kappa shape index (κ2) is 4.09. The molecule has 3 nitrogen and oxygen atoms in total. The third kappa shape index (κ3) is 1.99. The number of hydrogen-bond donors (Lipinski definition) is 2. The predicted octanol–water partition coefficient (Wildman–Crippen LogP) is 2.49. The summed E-state index contributed by atoms with van der Waals surface area (Å²) < 4.78 is 13.1. The number of benzene rings is 1. The number of hydrogen-bond acceptors (Lipinski definition) is 3. The Kier molecular flexibility index (Phi) is 2.78. The number of nitrogens with zero attached hydrogens (tertiary/aromatic N) is 1. The third-order valence-electron chi connectivity index (χ3n) is 2.24. The molecule has 0 bridgehead atoms. The van der Waals surface area contributed by atoms with Crippen LogP contribution >= 0.6 is 12.6 Å². The average molecular weight is 237 g/mol. The van der Waals surface area contributed by atoms with Gasteiger partial charge in [-0.2, -0.15) is 0 Å². The molecular formula is C11H8FNO2S. The first-order chi connectivity index (χ1) is 7.58. The Labute approximate surface area is 96.7 Å². The van der Waals surface area contributed by atoms with Crippen LogP contribution in [0.25, 0.3) is 0 Å². The van der Waals surface area contributed by atoms with Crippen LogP contribution in [0.2, 0.25) is 0 Å². The molecule has 1 N–H and O–H groups in total. The SMILES string of the molecule is O=C(O)c1ccc(F)cc1C1=NC=C(S)C1. The fourth-order valence-electron chi connectivity index (χ4n) is 1.52. The maximum Gasteiger partial charge on any atom is 0.336 e. The number of aromatic carboxylic acids is 1. The van der Waals surface area contributed by atoms with Crippen molar-refractivity contribution in [3.63, 3.8) is 0 Å². The fourth-order valence-corrected chi connectivity index (χ4v) is 1.73. The molecule has 2 rings (SSSR count). The lowest BCUT2D eigenvalue weighted by molar-refractivity contribution is 0.0696. The number of allylic oxidation sites excluding steroid dienone is 1. The molecule has 0 radical (unpaired) electrons. The van der Waals surface area contributed by atoms with Crippen LogP contribution in [-0.4, -0.2) is 16.8 Å². The van der Waals surface area contributed by atoms with E-state index in [1.54, 1.807) is 0 Å². The highest BCUT2D eigenvalue weighted by Crippen LogP contribution is 2.22. The van der Waals surface area contributed by atoms with E-state index in [2.05, 4.69) is 17.6 Å². The number of halogens is 1. The summed E-state index contributed by atoms with van der Waals surface area (Å²) in [6.45, 7) is 0. The molecule has 0 amide bonds. The minimum absolute atomic E-state index is 0.0524. The van der Waals surface area contributed by atoms with Crippen LogP contribution in [-0.2, 0) is 0 Å². The van der Waals surface area contributed by atoms with Crippen LogP contribution in [0.15, 0.2) is 34.3 Å². The van der Waals surface area contributed by atoms with E-state index in [0.717, 1.165) is 11.0 Å². The van der Waals surface area contributed by atoms with Gasteiger partial charge in [-0.15, -0.1) is 12.6 Å². The highest BCUT2D eigenvalue weighted by Gasteiger charge is 2.18. The Hall–Kier alpha value is -1.62. The molecule has 1 aliphatic heterocycles. The predicted molar refractivity (Wildman–Crippen MR) is 61.6 cm³/mol. The van der Waals surface area contributed by atoms with Crippen LogP contribution in [0, 0.1) is 5.82 Å². The first-order valence-electron chi connectivity index (χ1n) is 4.56. The molecule has 1 aromatic carbocycles. The van der Waals surface area contributed by atoms with Gasteiger partial charge in [-0.1, -0.05) is 0 Å². The highest BCUT2D eigenvalue weighted by atomic mass is 32.1. The topological polar surface area (TPSA) is 49.7 Å². The summed E-state index contributed by atoms with van der Waals surface area (Å²) in [4.78, 5) is 15.7. The van der Waals surface area contributed by atoms with Gasteiger partial charge in [-0.05, 0) is 18.2 Å². The average Bonchev–Trinajstić information content (AvgIpc) is 2.64. The van der Waals surface area contributed by atoms with E-state index < -0.39 is 11.8 Å². The second-order valence-corrected chi connectivity index (χ2v) is 3.94. The molecule has 0 saturated heterocycles. The number of rotatable bonds is 2. The molecule has 82 valence electrons. The zero-order valence-electron chi connectivity index (χ0n) is 8.14. The summed E-state index contributed by atoms with van der Waals surface area (Å²) >= 11 is 4.12. The standard InChI is InChI=1S/C11H8FNO2S/c12-6-1-2-8(11(14)15)9(3-6)10-4-7(16)5-13-10/h1-3,5,16H,4H2,(H,14,15). The lowest BCUT2D eigenvalue weighted by atomic mass is 10.0. The highest BCUT2D eigenvalue weighted by molar-refractivity contribution is 7.84. The minimum atomic E-state index is -1.09. The van der Waals surface area contributed by atoms with Gasteiger partial charge in [0.1, 0.15) is 5.82 Å². The van der Waals surface area contributed by atoms with Crippen molar-refractivity contribution in [1.82, 2.24) is 0 Å². The van der Waals surface area contributed by atoms with Crippen molar-refractivity contribution in [2.24, 2.45) is 4.99 Å². The van der Waals surface area contributed by atoms with E-state index in [1.165, 1.54) is 18.3 Å². The van der Waals surface area contributed by atoms with Crippen LogP contribution in [0.4, 0.5) is 4.39 Å². The number of carbonyl (C=O) groups is 1. The van der Waals surface area contributed by atoms with E-state index in [1.807, 2.05) is 0 Å². The van der Waals surface area contributed by atoms with Gasteiger partial charge in [0.25, 0.3) is 0 Å². The lowest BCUT2D eigenvalue weighted by Crippen LogP contribution is -2.08. The molecule has 0 unspecified atom stereocenters. The van der Waals surface area contributed by atoms with E-state index >= 15 is 0 Å². The smallest absolute Gasteiger partial charge is 0.336 e. The van der Waals surface area contributed by atoms with Crippen molar-refractivity contribution in [2.45, 2.75) is 6.42 Å². The maximum absolute atomic E-state index is 13.1. The Morgan fingerprint density at radius 1 is 1.50 bits per heavy atom. The summed E-state index contributed by atoms with van der Waals surface area (Å²) in [7, 11) is 0. The van der Waals surface area contributed by atoms with E-state index in [9.17, 15) is 9.18 Å². The maximum atomic E-state index is 13.1. The molecule has 0 fully saturated rings. The van der Waals surface area contributed by atoms with Gasteiger partial charge < -0.3 is 5.11 Å². The quantitative estimate of drug-likeness (QED) is 0.776. The Bertz CT molecular complexity index is 523. The first-order valence-corrected chi connectivity index (χ1v) is 5.00. The first kappa shape index (κ1) is 10.9. The molecule has 0 aliphatic carbocycles. The van der Waals surface area contributed by atoms with E-state index in [4.69, 9.17) is 5.11 Å². The Morgan fingerprint density at radius 2 is 2.25 bits per heavy atom. The monoisotopic (exact) mass is 237 g/mol. The lowest BCUT2D eigenvalue weighted by Gasteiger charge is -2.06. The summed E-state index contributed by atoms with van der Waals surface area (Å²) in [5.74, 6) is -1.57. The molecular weight excluding hydrogens is 229 g/mol. The largest absolute Gasteiger partial charge is 0.478 e.